The molecule has 1 amide bonds. The van der Waals surface area contributed by atoms with E-state index in [9.17, 15) is 13.2 Å². The smallest absolute Gasteiger partial charge is 0.252 e. The van der Waals surface area contributed by atoms with Gasteiger partial charge in [-0.1, -0.05) is 29.0 Å². The summed E-state index contributed by atoms with van der Waals surface area (Å²) >= 11 is 8.57. The maximum Gasteiger partial charge on any atom is 0.252 e. The third-order valence-electron chi connectivity index (χ3n) is 6.24. The Morgan fingerprint density at radius 1 is 1.14 bits per heavy atom. The second-order valence-electron chi connectivity index (χ2n) is 9.31. The maximum absolute atomic E-state index is 13.7. The molecule has 0 bridgehead atoms. The number of piperidine rings is 1. The van der Waals surface area contributed by atoms with Gasteiger partial charge in [0.05, 0.1) is 14.6 Å². The second kappa shape index (κ2) is 10.8. The first-order chi connectivity index (χ1) is 16.6. The average Bonchev–Trinajstić information content (AvgIpc) is 3.43. The molecule has 0 unspecified atom stereocenters. The number of nitrogens with zero attached hydrogens (tertiary/aromatic N) is 4. The number of hydrogen-bond donors (Lipinski definition) is 0. The molecule has 1 saturated heterocycles. The van der Waals surface area contributed by atoms with Gasteiger partial charge >= 0.3 is 0 Å². The normalized spacial score (nSPS) is 15.8. The zero-order valence-corrected chi connectivity index (χ0v) is 23.7. The van der Waals surface area contributed by atoms with Crippen molar-refractivity contribution in [2.24, 2.45) is 5.92 Å². The van der Waals surface area contributed by atoms with Crippen LogP contribution in [-0.2, 0) is 14.8 Å². The van der Waals surface area contributed by atoms with Gasteiger partial charge in [-0.2, -0.15) is 4.31 Å². The van der Waals surface area contributed by atoms with Crippen molar-refractivity contribution in [3.63, 3.8) is 0 Å². The molecule has 190 valence electrons. The molecular formula is C24H31ClN4O3S3. The van der Waals surface area contributed by atoms with Crippen LogP contribution in [0, 0.1) is 19.8 Å². The van der Waals surface area contributed by atoms with Gasteiger partial charge in [0.2, 0.25) is 5.91 Å². The summed E-state index contributed by atoms with van der Waals surface area (Å²) < 4.78 is 29.2. The highest BCUT2D eigenvalue weighted by Gasteiger charge is 2.35. The fourth-order valence-corrected chi connectivity index (χ4v) is 8.61. The van der Waals surface area contributed by atoms with Crippen molar-refractivity contribution < 1.29 is 13.2 Å². The van der Waals surface area contributed by atoms with Gasteiger partial charge in [0.1, 0.15) is 4.21 Å². The van der Waals surface area contributed by atoms with Crippen molar-refractivity contribution >= 4 is 65.6 Å². The number of carbonyl (C=O) groups excluding carboxylic acids is 1. The fraction of sp³-hybridized carbons (Fsp3) is 0.500. The molecule has 3 heterocycles. The van der Waals surface area contributed by atoms with Crippen LogP contribution in [0.4, 0.5) is 5.13 Å². The summed E-state index contributed by atoms with van der Waals surface area (Å²) in [4.78, 5) is 22.5. The molecule has 3 aromatic rings. The number of rotatable bonds is 8. The number of sulfonamides is 1. The minimum atomic E-state index is -3.59. The molecule has 0 spiro atoms. The van der Waals surface area contributed by atoms with E-state index in [1.165, 1.54) is 4.31 Å². The lowest BCUT2D eigenvalue weighted by molar-refractivity contribution is -0.123. The Hall–Kier alpha value is -1.56. The molecule has 1 aromatic carbocycles. The quantitative estimate of drug-likeness (QED) is 0.391. The number of anilines is 1. The molecule has 0 aliphatic carbocycles. The van der Waals surface area contributed by atoms with Crippen molar-refractivity contribution in [2.45, 2.75) is 37.3 Å². The van der Waals surface area contributed by atoms with Crippen LogP contribution in [0.25, 0.3) is 10.2 Å². The summed E-state index contributed by atoms with van der Waals surface area (Å²) in [6, 6.07) is 7.34. The third-order valence-corrected chi connectivity index (χ3v) is 11.1. The molecule has 0 radical (unpaired) electrons. The van der Waals surface area contributed by atoms with Gasteiger partial charge in [0.15, 0.2) is 5.13 Å². The van der Waals surface area contributed by atoms with Crippen LogP contribution in [0.3, 0.4) is 0 Å². The predicted molar refractivity (Wildman–Crippen MR) is 145 cm³/mol. The summed E-state index contributed by atoms with van der Waals surface area (Å²) in [7, 11) is 0.456. The Bertz CT molecular complexity index is 1310. The SMILES string of the molecule is Cc1cc(C)c2sc(N(CCCN(C)C)C(=O)C3CCN(S(=O)(=O)c4ccc(Cl)s4)CC3)nc2c1. The molecule has 35 heavy (non-hydrogen) atoms. The number of benzene rings is 1. The van der Waals surface area contributed by atoms with E-state index in [0.29, 0.717) is 36.8 Å². The van der Waals surface area contributed by atoms with Gasteiger partial charge in [-0.15, -0.1) is 11.3 Å². The van der Waals surface area contributed by atoms with Gasteiger partial charge in [-0.05, 0) is 83.1 Å². The molecule has 11 heteroatoms. The number of thiophene rings is 1. The lowest BCUT2D eigenvalue weighted by Crippen LogP contribution is -2.45. The Kier molecular flexibility index (Phi) is 8.19. The number of aromatic nitrogens is 1. The molecule has 1 fully saturated rings. The number of hydrogen-bond acceptors (Lipinski definition) is 7. The molecular weight excluding hydrogens is 524 g/mol. The van der Waals surface area contributed by atoms with Crippen LogP contribution in [-0.4, -0.2) is 68.8 Å². The summed E-state index contributed by atoms with van der Waals surface area (Å²) in [6.07, 6.45) is 1.81. The standard InChI is InChI=1S/C24H31ClN4O3S3/c1-16-14-17(2)22-19(15-16)26-24(34-22)29(11-5-10-27(3)4)23(30)18-8-12-28(13-9-18)35(31,32)21-7-6-20(25)33-21/h6-7,14-15,18H,5,8-13H2,1-4H3. The van der Waals surface area contributed by atoms with Crippen LogP contribution >= 0.6 is 34.3 Å². The molecule has 0 saturated carbocycles. The second-order valence-corrected chi connectivity index (χ2v) is 14.2. The van der Waals surface area contributed by atoms with Crippen LogP contribution in [0.15, 0.2) is 28.5 Å². The summed E-state index contributed by atoms with van der Waals surface area (Å²) in [6.45, 7) is 6.22. The maximum atomic E-state index is 13.7. The molecule has 1 aliphatic rings. The average molecular weight is 555 g/mol. The minimum absolute atomic E-state index is 0.0356. The van der Waals surface area contributed by atoms with E-state index in [1.54, 1.807) is 23.5 Å². The largest absolute Gasteiger partial charge is 0.309 e. The Morgan fingerprint density at radius 2 is 1.86 bits per heavy atom. The van der Waals surface area contributed by atoms with Crippen molar-refractivity contribution in [1.29, 1.82) is 0 Å². The highest BCUT2D eigenvalue weighted by atomic mass is 35.5. The predicted octanol–water partition coefficient (Wildman–Crippen LogP) is 5.01. The number of carbonyl (C=O) groups is 1. The van der Waals surface area contributed by atoms with Gasteiger partial charge in [-0.3, -0.25) is 9.69 Å². The lowest BCUT2D eigenvalue weighted by atomic mass is 9.96. The fourth-order valence-electron chi connectivity index (χ4n) is 4.45. The van der Waals surface area contributed by atoms with Crippen LogP contribution in [0.1, 0.15) is 30.4 Å². The highest BCUT2D eigenvalue weighted by molar-refractivity contribution is 7.91. The van der Waals surface area contributed by atoms with E-state index < -0.39 is 10.0 Å². The molecule has 0 atom stereocenters. The molecule has 7 nitrogen and oxygen atoms in total. The van der Waals surface area contributed by atoms with Crippen LogP contribution < -0.4 is 4.90 Å². The van der Waals surface area contributed by atoms with Gasteiger partial charge in [0, 0.05) is 25.6 Å². The van der Waals surface area contributed by atoms with Crippen LogP contribution in [0.2, 0.25) is 4.34 Å². The molecule has 0 N–H and O–H groups in total. The number of thiazole rings is 1. The van der Waals surface area contributed by atoms with Crippen molar-refractivity contribution in [3.05, 3.63) is 39.7 Å². The molecule has 1 aliphatic heterocycles. The van der Waals surface area contributed by atoms with Gasteiger partial charge in [-0.25, -0.2) is 13.4 Å². The summed E-state index contributed by atoms with van der Waals surface area (Å²) in [5.41, 5.74) is 3.23. The zero-order chi connectivity index (χ0) is 25.3. The topological polar surface area (TPSA) is 73.8 Å². The minimum Gasteiger partial charge on any atom is -0.309 e. The number of amides is 1. The Morgan fingerprint density at radius 3 is 2.49 bits per heavy atom. The van der Waals surface area contributed by atoms with E-state index in [4.69, 9.17) is 16.6 Å². The van der Waals surface area contributed by atoms with Crippen molar-refractivity contribution in [3.8, 4) is 0 Å². The third kappa shape index (κ3) is 5.89. The van der Waals surface area contributed by atoms with E-state index in [1.807, 2.05) is 19.0 Å². The van der Waals surface area contributed by atoms with E-state index >= 15 is 0 Å². The summed E-state index contributed by atoms with van der Waals surface area (Å²) in [5, 5.41) is 0.723. The van der Waals surface area contributed by atoms with E-state index in [-0.39, 0.29) is 16.0 Å². The number of aryl methyl sites for hydroxylation is 2. The van der Waals surface area contributed by atoms with E-state index in [2.05, 4.69) is 30.9 Å². The monoisotopic (exact) mass is 554 g/mol. The zero-order valence-electron chi connectivity index (χ0n) is 20.5. The highest BCUT2D eigenvalue weighted by Crippen LogP contribution is 2.35. The van der Waals surface area contributed by atoms with Crippen molar-refractivity contribution in [2.75, 3.05) is 45.2 Å². The number of fused-ring (bicyclic) bond motifs is 1. The first-order valence-corrected chi connectivity index (χ1v) is 15.1. The Balaban J connectivity index is 1.52. The summed E-state index contributed by atoms with van der Waals surface area (Å²) in [5.74, 6) is -0.198. The first-order valence-electron chi connectivity index (χ1n) is 11.7. The molecule has 2 aromatic heterocycles. The first kappa shape index (κ1) is 26.5. The number of halogens is 1. The van der Waals surface area contributed by atoms with Gasteiger partial charge in [0.25, 0.3) is 10.0 Å². The van der Waals surface area contributed by atoms with Gasteiger partial charge < -0.3 is 4.90 Å². The molecule has 4 rings (SSSR count). The van der Waals surface area contributed by atoms with Crippen molar-refractivity contribution in [1.82, 2.24) is 14.2 Å². The lowest BCUT2D eigenvalue weighted by Gasteiger charge is -2.32. The Labute approximate surface area is 220 Å². The van der Waals surface area contributed by atoms with Crippen LogP contribution in [0.5, 0.6) is 0 Å². The van der Waals surface area contributed by atoms with E-state index in [0.717, 1.165) is 50.8 Å².